The first-order valence-corrected chi connectivity index (χ1v) is 7.99. The van der Waals surface area contributed by atoms with Gasteiger partial charge in [-0.25, -0.2) is 4.79 Å². The molecule has 3 atom stereocenters. The van der Waals surface area contributed by atoms with Gasteiger partial charge in [0.15, 0.2) is 0 Å². The Balaban J connectivity index is 1.82. The molecule has 24 heavy (non-hydrogen) atoms. The smallest absolute Gasteiger partial charge is 0.439 e. The maximum Gasteiger partial charge on any atom is 0.439 e. The van der Waals surface area contributed by atoms with E-state index in [0.717, 1.165) is 31.9 Å². The summed E-state index contributed by atoms with van der Waals surface area (Å²) in [6.07, 6.45) is -2.03. The molecule has 2 amide bonds. The van der Waals surface area contributed by atoms with Crippen molar-refractivity contribution in [2.75, 3.05) is 31.1 Å². The van der Waals surface area contributed by atoms with Crippen molar-refractivity contribution >= 4 is 17.7 Å². The Hall–Kier alpha value is -2.35. The molecule has 0 bridgehead atoms. The Morgan fingerprint density at radius 2 is 1.96 bits per heavy atom. The van der Waals surface area contributed by atoms with Gasteiger partial charge in [-0.15, -0.1) is 5.12 Å². The van der Waals surface area contributed by atoms with Gasteiger partial charge in [0.25, 0.3) is 0 Å². The van der Waals surface area contributed by atoms with E-state index >= 15 is 0 Å². The topological polar surface area (TPSA) is 87.9 Å². The van der Waals surface area contributed by atoms with E-state index in [-0.39, 0.29) is 5.12 Å². The number of anilines is 1. The Morgan fingerprint density at radius 3 is 2.54 bits per heavy atom. The quantitative estimate of drug-likeness (QED) is 0.800. The number of nitrogens with zero attached hydrogens (tertiary/aromatic N) is 2. The van der Waals surface area contributed by atoms with E-state index in [1.165, 1.54) is 6.92 Å². The Kier molecular flexibility index (Phi) is 4.57. The second-order valence-electron chi connectivity index (χ2n) is 6.12. The van der Waals surface area contributed by atoms with Gasteiger partial charge < -0.3 is 20.7 Å². The molecule has 3 N–H and O–H groups in total. The van der Waals surface area contributed by atoms with Gasteiger partial charge >= 0.3 is 6.09 Å². The second kappa shape index (κ2) is 6.64. The number of nitrogens with one attached hydrogen (secondary N) is 1. The van der Waals surface area contributed by atoms with Gasteiger partial charge in [0.1, 0.15) is 12.1 Å². The fourth-order valence-corrected chi connectivity index (χ4v) is 3.14. The lowest BCUT2D eigenvalue weighted by Gasteiger charge is -2.30. The molecule has 0 aromatic heterocycles. The van der Waals surface area contributed by atoms with Crippen molar-refractivity contribution in [3.05, 3.63) is 29.8 Å². The number of cyclic esters (lactones) is 1. The third-order valence-corrected chi connectivity index (χ3v) is 4.63. The average molecular weight is 336 g/mol. The Labute approximate surface area is 139 Å². The van der Waals surface area contributed by atoms with Crippen LogP contribution in [-0.2, 0) is 9.53 Å². The van der Waals surface area contributed by atoms with Crippen molar-refractivity contribution in [1.29, 1.82) is 0 Å². The number of nitrogens with two attached hydrogens (primary N) is 1. The number of benzene rings is 1. The van der Waals surface area contributed by atoms with Crippen LogP contribution in [0.25, 0.3) is 0 Å². The summed E-state index contributed by atoms with van der Waals surface area (Å²) in [4.78, 5) is 25.2. The zero-order valence-electron chi connectivity index (χ0n) is 13.4. The number of rotatable bonds is 4. The lowest BCUT2D eigenvalue weighted by molar-refractivity contribution is -0.124. The van der Waals surface area contributed by atoms with Crippen molar-refractivity contribution in [3.63, 3.8) is 0 Å². The zero-order valence-corrected chi connectivity index (χ0v) is 13.4. The molecule has 0 spiro atoms. The summed E-state index contributed by atoms with van der Waals surface area (Å²) in [6, 6.07) is 6.33. The number of carbonyl (C=O) groups excluding carboxylic acids is 2. The Morgan fingerprint density at radius 1 is 1.33 bits per heavy atom. The van der Waals surface area contributed by atoms with Crippen molar-refractivity contribution in [3.8, 4) is 0 Å². The summed E-state index contributed by atoms with van der Waals surface area (Å²) in [5.74, 6) is -1.42. The summed E-state index contributed by atoms with van der Waals surface area (Å²) in [5.41, 5.74) is 6.89. The van der Waals surface area contributed by atoms with Gasteiger partial charge in [-0.1, -0.05) is 16.6 Å². The van der Waals surface area contributed by atoms with Crippen molar-refractivity contribution in [2.24, 2.45) is 11.7 Å². The highest BCUT2D eigenvalue weighted by atomic mass is 19.2. The molecular formula is C16H21FN4O3. The van der Waals surface area contributed by atoms with Crippen LogP contribution >= 0.6 is 0 Å². The van der Waals surface area contributed by atoms with Crippen LogP contribution in [0.1, 0.15) is 18.5 Å². The predicted octanol–water partition coefficient (Wildman–Crippen LogP) is 0.964. The minimum absolute atomic E-state index is 0.0317. The van der Waals surface area contributed by atoms with Crippen LogP contribution < -0.4 is 16.0 Å². The van der Waals surface area contributed by atoms with E-state index in [1.54, 1.807) is 12.1 Å². The molecule has 0 aliphatic carbocycles. The number of primary amides is 1. The molecule has 3 rings (SSSR count). The molecule has 2 heterocycles. The average Bonchev–Trinajstić information content (AvgIpc) is 2.90. The lowest BCUT2D eigenvalue weighted by atomic mass is 9.92. The van der Waals surface area contributed by atoms with Crippen LogP contribution in [-0.4, -0.2) is 49.4 Å². The zero-order chi connectivity index (χ0) is 17.3. The molecule has 130 valence electrons. The van der Waals surface area contributed by atoms with E-state index in [0.29, 0.717) is 5.56 Å². The monoisotopic (exact) mass is 336 g/mol. The van der Waals surface area contributed by atoms with Crippen LogP contribution in [0.4, 0.5) is 15.0 Å². The largest absolute Gasteiger partial charge is 0.441 e. The first-order valence-electron chi connectivity index (χ1n) is 7.99. The van der Waals surface area contributed by atoms with Crippen molar-refractivity contribution in [1.82, 2.24) is 10.4 Å². The van der Waals surface area contributed by atoms with Gasteiger partial charge in [0, 0.05) is 31.9 Å². The molecule has 2 fully saturated rings. The first kappa shape index (κ1) is 16.5. The molecule has 2 saturated heterocycles. The van der Waals surface area contributed by atoms with Gasteiger partial charge in [0.2, 0.25) is 5.91 Å². The van der Waals surface area contributed by atoms with Crippen LogP contribution in [0.3, 0.4) is 0 Å². The van der Waals surface area contributed by atoms with E-state index in [4.69, 9.17) is 10.5 Å². The molecule has 7 nitrogen and oxygen atoms in total. The number of halogens is 1. The van der Waals surface area contributed by atoms with Crippen LogP contribution in [0.15, 0.2) is 24.3 Å². The second-order valence-corrected chi connectivity index (χ2v) is 6.12. The minimum Gasteiger partial charge on any atom is -0.441 e. The van der Waals surface area contributed by atoms with Gasteiger partial charge in [-0.3, -0.25) is 4.79 Å². The van der Waals surface area contributed by atoms with Gasteiger partial charge in [-0.05, 0) is 24.6 Å². The van der Waals surface area contributed by atoms with Crippen LogP contribution in [0.5, 0.6) is 0 Å². The fraction of sp³-hybridized carbons (Fsp3) is 0.500. The molecule has 1 aromatic carbocycles. The maximum absolute atomic E-state index is 14.2. The number of ether oxygens (including phenoxy) is 1. The highest BCUT2D eigenvalue weighted by Crippen LogP contribution is 2.37. The SMILES string of the molecule is CC(C(N)=O)C1OC(=O)N(F)C1c1ccc(N2CCNCC2)cc1. The van der Waals surface area contributed by atoms with Gasteiger partial charge in [-0.2, -0.15) is 0 Å². The third-order valence-electron chi connectivity index (χ3n) is 4.63. The van der Waals surface area contributed by atoms with Crippen molar-refractivity contribution < 1.29 is 18.8 Å². The van der Waals surface area contributed by atoms with E-state index in [1.807, 2.05) is 12.1 Å². The molecular weight excluding hydrogens is 315 g/mol. The number of hydrogen-bond donors (Lipinski definition) is 2. The van der Waals surface area contributed by atoms with Crippen LogP contribution in [0, 0.1) is 5.92 Å². The number of hydrogen-bond acceptors (Lipinski definition) is 5. The Bertz CT molecular complexity index is 618. The molecule has 8 heteroatoms. The summed E-state index contributed by atoms with van der Waals surface area (Å²) in [7, 11) is 0. The van der Waals surface area contributed by atoms with Gasteiger partial charge in [0.05, 0.1) is 5.92 Å². The minimum atomic E-state index is -1.09. The molecule has 2 aliphatic heterocycles. The molecule has 0 radical (unpaired) electrons. The van der Waals surface area contributed by atoms with E-state index in [9.17, 15) is 14.1 Å². The molecule has 1 aromatic rings. The normalized spacial score (nSPS) is 25.5. The van der Waals surface area contributed by atoms with Crippen LogP contribution in [0.2, 0.25) is 0 Å². The third kappa shape index (κ3) is 3.01. The lowest BCUT2D eigenvalue weighted by Crippen LogP contribution is -2.43. The van der Waals surface area contributed by atoms with E-state index < -0.39 is 30.1 Å². The highest BCUT2D eigenvalue weighted by molar-refractivity contribution is 5.79. The number of piperazine rings is 1. The first-order chi connectivity index (χ1) is 11.5. The van der Waals surface area contributed by atoms with Crippen molar-refractivity contribution in [2.45, 2.75) is 19.1 Å². The number of carbonyl (C=O) groups is 2. The van der Waals surface area contributed by atoms with E-state index in [2.05, 4.69) is 10.2 Å². The molecule has 3 unspecified atom stereocenters. The fourth-order valence-electron chi connectivity index (χ4n) is 3.14. The summed E-state index contributed by atoms with van der Waals surface area (Å²) < 4.78 is 19.2. The standard InChI is InChI=1S/C16H21FN4O3/c1-10(15(18)22)14-13(21(17)16(23)24-14)11-2-4-12(5-3-11)20-8-6-19-7-9-20/h2-5,10,13-14,19H,6-9H2,1H3,(H2,18,22). The summed E-state index contributed by atoms with van der Waals surface area (Å²) in [6.45, 7) is 5.18. The maximum atomic E-state index is 14.2. The number of amides is 2. The molecule has 0 saturated carbocycles. The highest BCUT2D eigenvalue weighted by Gasteiger charge is 2.47. The summed E-state index contributed by atoms with van der Waals surface area (Å²) in [5, 5.41) is 3.32. The predicted molar refractivity (Wildman–Crippen MR) is 85.8 cm³/mol. The molecule has 2 aliphatic rings. The summed E-state index contributed by atoms with van der Waals surface area (Å²) >= 11 is 0.